The molecular weight excluding hydrogens is 330 g/mol. The summed E-state index contributed by atoms with van der Waals surface area (Å²) in [5, 5.41) is 1.71. The standard InChI is InChI=1S/C21H17NO4/c1-12-9-20(23)26-19-10-14(7-8-15(12)19)25-13(2)21(24)17-11-22-18-6-4-3-5-16(17)18/h3-11,13,22H,1-2H3/t13-/m0/s1. The highest BCUT2D eigenvalue weighted by molar-refractivity contribution is 6.09. The summed E-state index contributed by atoms with van der Waals surface area (Å²) in [7, 11) is 0. The van der Waals surface area contributed by atoms with E-state index in [2.05, 4.69) is 4.98 Å². The summed E-state index contributed by atoms with van der Waals surface area (Å²) in [4.78, 5) is 27.4. The van der Waals surface area contributed by atoms with Gasteiger partial charge in [0.25, 0.3) is 0 Å². The number of aromatic nitrogens is 1. The van der Waals surface area contributed by atoms with Gasteiger partial charge in [0.2, 0.25) is 5.78 Å². The van der Waals surface area contributed by atoms with Crippen LogP contribution in [-0.4, -0.2) is 16.9 Å². The second kappa shape index (κ2) is 6.19. The van der Waals surface area contributed by atoms with Crippen LogP contribution in [0, 0.1) is 6.92 Å². The number of rotatable bonds is 4. The zero-order valence-corrected chi connectivity index (χ0v) is 14.4. The predicted molar refractivity (Wildman–Crippen MR) is 99.9 cm³/mol. The second-order valence-corrected chi connectivity index (χ2v) is 6.28. The van der Waals surface area contributed by atoms with Gasteiger partial charge in [-0.1, -0.05) is 18.2 Å². The van der Waals surface area contributed by atoms with E-state index in [-0.39, 0.29) is 5.78 Å². The first-order valence-corrected chi connectivity index (χ1v) is 8.34. The highest BCUT2D eigenvalue weighted by Gasteiger charge is 2.20. The number of aromatic amines is 1. The molecule has 2 heterocycles. The van der Waals surface area contributed by atoms with Gasteiger partial charge >= 0.3 is 5.63 Å². The third-order valence-electron chi connectivity index (χ3n) is 4.46. The minimum Gasteiger partial charge on any atom is -0.482 e. The molecule has 4 aromatic rings. The Morgan fingerprint density at radius 3 is 2.77 bits per heavy atom. The molecule has 0 unspecified atom stereocenters. The summed E-state index contributed by atoms with van der Waals surface area (Å²) in [5.41, 5.74) is 2.38. The third kappa shape index (κ3) is 2.77. The number of para-hydroxylation sites is 1. The Balaban J connectivity index is 1.63. The fraction of sp³-hybridized carbons (Fsp3) is 0.143. The minimum atomic E-state index is -0.678. The number of nitrogens with one attached hydrogen (secondary N) is 1. The van der Waals surface area contributed by atoms with Crippen LogP contribution in [0.15, 0.2) is 63.9 Å². The van der Waals surface area contributed by atoms with Crippen LogP contribution < -0.4 is 10.4 Å². The number of ether oxygens (including phenoxy) is 1. The van der Waals surface area contributed by atoms with Crippen LogP contribution in [0.3, 0.4) is 0 Å². The molecule has 0 saturated heterocycles. The molecular formula is C21H17NO4. The van der Waals surface area contributed by atoms with Crippen LogP contribution in [0.25, 0.3) is 21.9 Å². The number of aryl methyl sites for hydroxylation is 1. The highest BCUT2D eigenvalue weighted by Crippen LogP contribution is 2.25. The van der Waals surface area contributed by atoms with Gasteiger partial charge in [0.1, 0.15) is 11.3 Å². The fourth-order valence-corrected chi connectivity index (χ4v) is 3.13. The maximum Gasteiger partial charge on any atom is 0.336 e. The van der Waals surface area contributed by atoms with Gasteiger partial charge in [0.15, 0.2) is 6.10 Å². The van der Waals surface area contributed by atoms with E-state index in [1.165, 1.54) is 6.07 Å². The van der Waals surface area contributed by atoms with E-state index in [1.807, 2.05) is 37.3 Å². The van der Waals surface area contributed by atoms with Gasteiger partial charge in [-0.3, -0.25) is 4.79 Å². The lowest BCUT2D eigenvalue weighted by Crippen LogP contribution is -2.23. The molecule has 0 aliphatic heterocycles. The topological polar surface area (TPSA) is 72.3 Å². The summed E-state index contributed by atoms with van der Waals surface area (Å²) < 4.78 is 11.0. The van der Waals surface area contributed by atoms with Crippen LogP contribution in [0.1, 0.15) is 22.8 Å². The summed E-state index contributed by atoms with van der Waals surface area (Å²) in [5.74, 6) is 0.361. The molecule has 26 heavy (non-hydrogen) atoms. The van der Waals surface area contributed by atoms with E-state index >= 15 is 0 Å². The van der Waals surface area contributed by atoms with Crippen molar-refractivity contribution < 1.29 is 13.9 Å². The highest BCUT2D eigenvalue weighted by atomic mass is 16.5. The Labute approximate surface area is 149 Å². The molecule has 0 fully saturated rings. The summed E-state index contributed by atoms with van der Waals surface area (Å²) in [6.45, 7) is 3.56. The number of Topliss-reactive ketones (excluding diaryl/α,β-unsaturated/α-hetero) is 1. The molecule has 1 N–H and O–H groups in total. The molecule has 4 rings (SSSR count). The zero-order chi connectivity index (χ0) is 18.3. The maximum absolute atomic E-state index is 12.8. The van der Waals surface area contributed by atoms with Gasteiger partial charge in [-0.25, -0.2) is 4.79 Å². The summed E-state index contributed by atoms with van der Waals surface area (Å²) in [6.07, 6.45) is 1.03. The number of fused-ring (bicyclic) bond motifs is 2. The Hall–Kier alpha value is -3.34. The number of benzene rings is 2. The fourth-order valence-electron chi connectivity index (χ4n) is 3.13. The van der Waals surface area contributed by atoms with Gasteiger partial charge in [-0.15, -0.1) is 0 Å². The van der Waals surface area contributed by atoms with Crippen molar-refractivity contribution in [3.05, 3.63) is 76.3 Å². The number of ketones is 1. The van der Waals surface area contributed by atoms with Gasteiger partial charge in [-0.05, 0) is 37.6 Å². The Morgan fingerprint density at radius 1 is 1.12 bits per heavy atom. The smallest absolute Gasteiger partial charge is 0.336 e. The van der Waals surface area contributed by atoms with Gasteiger partial charge in [-0.2, -0.15) is 0 Å². The molecule has 2 aromatic carbocycles. The number of carbonyl (C=O) groups excluding carboxylic acids is 1. The van der Waals surface area contributed by atoms with Crippen molar-refractivity contribution in [1.82, 2.24) is 4.98 Å². The quantitative estimate of drug-likeness (QED) is 0.443. The molecule has 1 atom stereocenters. The van der Waals surface area contributed by atoms with Crippen molar-refractivity contribution in [3.63, 3.8) is 0 Å². The SMILES string of the molecule is Cc1cc(=O)oc2cc(O[C@@H](C)C(=O)c3c[nH]c4ccccc34)ccc12. The first-order chi connectivity index (χ1) is 12.5. The molecule has 130 valence electrons. The average Bonchev–Trinajstić information content (AvgIpc) is 3.04. The van der Waals surface area contributed by atoms with Crippen molar-refractivity contribution in [3.8, 4) is 5.75 Å². The number of H-pyrrole nitrogens is 1. The molecule has 5 nitrogen and oxygen atoms in total. The van der Waals surface area contributed by atoms with Gasteiger partial charge < -0.3 is 14.1 Å². The van der Waals surface area contributed by atoms with Crippen molar-refractivity contribution in [1.29, 1.82) is 0 Å². The van der Waals surface area contributed by atoms with Crippen LogP contribution in [0.5, 0.6) is 5.75 Å². The number of hydrogen-bond donors (Lipinski definition) is 1. The van der Waals surface area contributed by atoms with Crippen molar-refractivity contribution >= 4 is 27.7 Å². The molecule has 0 bridgehead atoms. The van der Waals surface area contributed by atoms with Crippen LogP contribution in [0.4, 0.5) is 0 Å². The predicted octanol–water partition coefficient (Wildman–Crippen LogP) is 4.23. The Morgan fingerprint density at radius 2 is 1.92 bits per heavy atom. The van der Waals surface area contributed by atoms with E-state index in [0.29, 0.717) is 16.9 Å². The maximum atomic E-state index is 12.8. The van der Waals surface area contributed by atoms with E-state index in [9.17, 15) is 9.59 Å². The number of carbonyl (C=O) groups is 1. The first kappa shape index (κ1) is 16.1. The molecule has 0 radical (unpaired) electrons. The van der Waals surface area contributed by atoms with Crippen molar-refractivity contribution in [2.45, 2.75) is 20.0 Å². The molecule has 0 saturated carbocycles. The lowest BCUT2D eigenvalue weighted by molar-refractivity contribution is 0.0820. The molecule has 0 aliphatic rings. The molecule has 5 heteroatoms. The van der Waals surface area contributed by atoms with Crippen molar-refractivity contribution in [2.24, 2.45) is 0 Å². The largest absolute Gasteiger partial charge is 0.482 e. The van der Waals surface area contributed by atoms with Crippen molar-refractivity contribution in [2.75, 3.05) is 0 Å². The molecule has 0 spiro atoms. The Kier molecular flexibility index (Phi) is 3.84. The molecule has 0 amide bonds. The number of hydrogen-bond acceptors (Lipinski definition) is 4. The van der Waals surface area contributed by atoms with Crippen LogP contribution >= 0.6 is 0 Å². The van der Waals surface area contributed by atoms with E-state index in [4.69, 9.17) is 9.15 Å². The summed E-state index contributed by atoms with van der Waals surface area (Å²) in [6, 6.07) is 14.3. The third-order valence-corrected chi connectivity index (χ3v) is 4.46. The van der Waals surface area contributed by atoms with Gasteiger partial charge in [0, 0.05) is 40.2 Å². The average molecular weight is 347 g/mol. The first-order valence-electron chi connectivity index (χ1n) is 8.34. The van der Waals surface area contributed by atoms with E-state index < -0.39 is 11.7 Å². The van der Waals surface area contributed by atoms with Crippen LogP contribution in [-0.2, 0) is 0 Å². The lowest BCUT2D eigenvalue weighted by atomic mass is 10.1. The van der Waals surface area contributed by atoms with Crippen LogP contribution in [0.2, 0.25) is 0 Å². The van der Waals surface area contributed by atoms with E-state index in [0.717, 1.165) is 21.9 Å². The Bertz CT molecular complexity index is 1190. The van der Waals surface area contributed by atoms with E-state index in [1.54, 1.807) is 25.3 Å². The second-order valence-electron chi connectivity index (χ2n) is 6.28. The minimum absolute atomic E-state index is 0.117. The lowest BCUT2D eigenvalue weighted by Gasteiger charge is -2.14. The molecule has 2 aromatic heterocycles. The monoisotopic (exact) mass is 347 g/mol. The molecule has 0 aliphatic carbocycles. The zero-order valence-electron chi connectivity index (χ0n) is 14.4. The summed E-state index contributed by atoms with van der Waals surface area (Å²) >= 11 is 0. The normalized spacial score (nSPS) is 12.4. The van der Waals surface area contributed by atoms with Gasteiger partial charge in [0.05, 0.1) is 0 Å².